The van der Waals surface area contributed by atoms with Crippen LogP contribution in [0.1, 0.15) is 28.5 Å². The lowest BCUT2D eigenvalue weighted by atomic mass is 10.2. The molecule has 11 aromatic heterocycles. The number of anilines is 9. The first kappa shape index (κ1) is 85.7. The average molecular weight is 1730 g/mol. The summed E-state index contributed by atoms with van der Waals surface area (Å²) in [7, 11) is 0. The third-order valence-electron chi connectivity index (χ3n) is 16.6. The van der Waals surface area contributed by atoms with Crippen molar-refractivity contribution in [3.05, 3.63) is 260 Å². The van der Waals surface area contributed by atoms with Crippen LogP contribution in [-0.4, -0.2) is 121 Å². The minimum Gasteiger partial charge on any atom is -0.435 e. The first-order chi connectivity index (χ1) is 58.6. The molecule has 0 atom stereocenters. The van der Waals surface area contributed by atoms with E-state index in [4.69, 9.17) is 5.11 Å². The highest BCUT2D eigenvalue weighted by Crippen LogP contribution is 2.41. The van der Waals surface area contributed by atoms with Crippen molar-refractivity contribution in [1.29, 1.82) is 0 Å². The van der Waals surface area contributed by atoms with Crippen molar-refractivity contribution < 1.29 is 107 Å². The molecular formula is C77H52F20N22O4. The van der Waals surface area contributed by atoms with Crippen LogP contribution in [0.4, 0.5) is 140 Å². The van der Waals surface area contributed by atoms with Crippen molar-refractivity contribution in [2.24, 2.45) is 0 Å². The summed E-state index contributed by atoms with van der Waals surface area (Å²) in [5.41, 5.74) is -2.87. The van der Waals surface area contributed by atoms with Crippen LogP contribution in [0.15, 0.2) is 219 Å². The number of aromatic nitrogens is 17. The van der Waals surface area contributed by atoms with Crippen molar-refractivity contribution in [2.75, 3.05) is 39.7 Å². The third kappa shape index (κ3) is 21.3. The van der Waals surface area contributed by atoms with Gasteiger partial charge in [-0.15, -0.1) is 0 Å². The van der Waals surface area contributed by atoms with Gasteiger partial charge in [-0.25, -0.2) is 58.6 Å². The van der Waals surface area contributed by atoms with E-state index in [1.54, 1.807) is 18.2 Å². The van der Waals surface area contributed by atoms with Crippen molar-refractivity contribution >= 4 is 79.8 Å². The fourth-order valence-corrected chi connectivity index (χ4v) is 11.6. The Balaban J connectivity index is 0.000000141. The number of alkyl halides is 18. The van der Waals surface area contributed by atoms with Gasteiger partial charge in [-0.3, -0.25) is 22.8 Å². The number of nitrogens with zero attached hydrogens (tertiary/aromatic N) is 17. The molecule has 0 radical (unpaired) electrons. The summed E-state index contributed by atoms with van der Waals surface area (Å²) in [4.78, 5) is 52.1. The van der Waals surface area contributed by atoms with Crippen LogP contribution in [0.2, 0.25) is 0 Å². The molecule has 0 saturated heterocycles. The topological polar surface area (TPSA) is 294 Å². The number of ether oxygens (including phenoxy) is 3. The molecule has 16 aromatic rings. The van der Waals surface area contributed by atoms with E-state index in [1.807, 2.05) is 35.8 Å². The normalized spacial score (nSPS) is 11.8. The molecule has 0 spiro atoms. The van der Waals surface area contributed by atoms with Crippen LogP contribution >= 0.6 is 0 Å². The number of aliphatic hydroxyl groups is 1. The molecule has 0 aliphatic carbocycles. The Morgan fingerprint density at radius 2 is 0.789 bits per heavy atom. The van der Waals surface area contributed by atoms with Crippen molar-refractivity contribution in [3.8, 4) is 57.8 Å². The lowest BCUT2D eigenvalue weighted by molar-refractivity contribution is -0.141. The second kappa shape index (κ2) is 36.2. The zero-order chi connectivity index (χ0) is 87.7. The van der Waals surface area contributed by atoms with Gasteiger partial charge in [0, 0.05) is 78.7 Å². The number of aryl methyl sites for hydroxylation is 1. The molecule has 16 rings (SSSR count). The summed E-state index contributed by atoms with van der Waals surface area (Å²) >= 11 is 0. The summed E-state index contributed by atoms with van der Waals surface area (Å²) in [6.07, 6.45) is -9.72. The zero-order valence-corrected chi connectivity index (χ0v) is 61.8. The van der Waals surface area contributed by atoms with Crippen LogP contribution in [0.5, 0.6) is 17.2 Å². The molecule has 0 aliphatic heterocycles. The second-order valence-electron chi connectivity index (χ2n) is 25.0. The van der Waals surface area contributed by atoms with E-state index >= 15 is 0 Å². The highest BCUT2D eigenvalue weighted by molar-refractivity contribution is 5.78. The Kier molecular flexibility index (Phi) is 25.2. The maximum atomic E-state index is 13.7. The molecular weight excluding hydrogens is 1680 g/mol. The highest BCUT2D eigenvalue weighted by Gasteiger charge is 2.42. The number of para-hydroxylation sites is 2. The van der Waals surface area contributed by atoms with Gasteiger partial charge in [0.1, 0.15) is 92.2 Å². The van der Waals surface area contributed by atoms with E-state index in [9.17, 15) is 87.8 Å². The average Bonchev–Trinajstić information content (AvgIpc) is 1.59. The van der Waals surface area contributed by atoms with Gasteiger partial charge in [0.15, 0.2) is 40.2 Å². The van der Waals surface area contributed by atoms with Crippen LogP contribution in [0, 0.1) is 18.6 Å². The second-order valence-corrected chi connectivity index (χ2v) is 25.0. The smallest absolute Gasteiger partial charge is 0.435 e. The van der Waals surface area contributed by atoms with Crippen molar-refractivity contribution in [2.45, 2.75) is 51.5 Å². The van der Waals surface area contributed by atoms with Gasteiger partial charge in [-0.1, -0.05) is 12.1 Å². The van der Waals surface area contributed by atoms with Crippen molar-refractivity contribution in [1.82, 2.24) is 82.6 Å². The number of aliphatic hydroxyl groups excluding tert-OH is 1. The Labute approximate surface area is 675 Å². The van der Waals surface area contributed by atoms with Gasteiger partial charge in [0.2, 0.25) is 5.95 Å². The number of pyridine rings is 2. The fourth-order valence-electron chi connectivity index (χ4n) is 11.6. The Bertz CT molecular complexity index is 6360. The molecule has 11 heterocycles. The highest BCUT2D eigenvalue weighted by atomic mass is 19.4. The first-order valence-corrected chi connectivity index (χ1v) is 35.0. The van der Waals surface area contributed by atoms with Crippen LogP contribution < -0.4 is 40.8 Å². The number of hydrogen-bond acceptors (Lipinski definition) is 22. The molecule has 0 unspecified atom stereocenters. The largest absolute Gasteiger partial charge is 0.435 e. The number of hydrogen-bond donors (Lipinski definition) is 6. The molecule has 46 heteroatoms. The molecule has 5 aromatic carbocycles. The summed E-state index contributed by atoms with van der Waals surface area (Å²) < 4.78 is 278. The predicted molar refractivity (Wildman–Crippen MR) is 402 cm³/mol. The molecule has 26 nitrogen and oxygen atoms in total. The van der Waals surface area contributed by atoms with Gasteiger partial charge < -0.3 is 45.9 Å². The number of rotatable bonds is 21. The lowest BCUT2D eigenvalue weighted by Crippen LogP contribution is -2.11. The molecule has 0 saturated carbocycles. The Morgan fingerprint density at radius 3 is 1.20 bits per heavy atom. The number of fused-ring (bicyclic) bond motifs is 4. The number of benzene rings is 5. The number of imidazole rings is 4. The zero-order valence-electron chi connectivity index (χ0n) is 61.8. The maximum absolute atomic E-state index is 13.7. The molecule has 6 N–H and O–H groups in total. The van der Waals surface area contributed by atoms with Gasteiger partial charge in [-0.05, 0) is 159 Å². The van der Waals surface area contributed by atoms with Gasteiger partial charge >= 0.3 is 44.5 Å². The van der Waals surface area contributed by atoms with E-state index in [1.165, 1.54) is 114 Å². The van der Waals surface area contributed by atoms with Gasteiger partial charge in [0.25, 0.3) is 0 Å². The summed E-state index contributed by atoms with van der Waals surface area (Å²) in [6.45, 7) is -6.67. The quantitative estimate of drug-likeness (QED) is 0.0364. The van der Waals surface area contributed by atoms with Crippen molar-refractivity contribution in [3.63, 3.8) is 0 Å². The van der Waals surface area contributed by atoms with Gasteiger partial charge in [-0.2, -0.15) is 89.0 Å². The Hall–Kier alpha value is -15.2. The van der Waals surface area contributed by atoms with Crippen LogP contribution in [-0.2, 0) is 24.7 Å². The SMILES string of the molecule is Cc1nc2ccccc2n1-c1nc(NCCO)cc(Nc2ccc(OC(F)F)cc2)n1.FC(F)Oc1ccc(Nc2ccnc(-c3c(C(F)(F)F)nc4cnccn34)n2)cc1.Fc1ccc2nc(C(F)(F)F)c(-c3nccc(Nc4ccc(C(F)(F)F)cc4)n3)n2c1.Fc1ccc2nc(C(F)(F)F)c(-c3nccc(Nc4ccc(OC(F)F)cc4)n3)n2c1. The fraction of sp³-hybridized carbons (Fsp3) is 0.130. The summed E-state index contributed by atoms with van der Waals surface area (Å²) in [5, 5.41) is 23.7. The molecule has 0 amide bonds. The molecule has 0 fully saturated rings. The molecule has 123 heavy (non-hydrogen) atoms. The summed E-state index contributed by atoms with van der Waals surface area (Å²) in [6, 6.07) is 38.7. The van der Waals surface area contributed by atoms with E-state index in [2.05, 4.69) is 106 Å². The molecule has 0 bridgehead atoms. The number of nitrogens with one attached hydrogen (secondary N) is 5. The van der Waals surface area contributed by atoms with E-state index in [0.717, 1.165) is 92.8 Å². The van der Waals surface area contributed by atoms with E-state index in [-0.39, 0.29) is 81.3 Å². The van der Waals surface area contributed by atoms with Crippen LogP contribution in [0.3, 0.4) is 0 Å². The standard InChI is InChI=1S/C21H20F2N6O2.C19H10F7N5.C19H11F6N5O.C18H11F5N6O/c1-13-25-16-4-2-3-5-17(16)29(13)21-27-18(24-10-11-30)12-19(28-21)26-14-6-8-15(9-7-14)31-20(22)23;20-11-3-6-14-30-16(19(24,25)26)15(31(14)9-11)17-27-8-7-13(29-17)28-12-4-1-10(2-5-12)18(21,22)23;20-10-1-6-14-29-16(19(23,24)25)15(30(14)9-10)17-26-8-7-13(28-17)27-11-2-4-12(5-3-11)31-18(21)22;19-17(20)30-11-3-1-10(2-4-11)26-12-5-6-25-16(27-12)14-15(18(21,22)23)28-13-9-24-7-8-29(13)14/h2-9,12,20,30H,10-11H2,1H3,(H2,24,26,27,28);1-9H,(H,27,28,29);1-9,18H,(H,26,27,28);1-9,17H,(H,25,26,27). The van der Waals surface area contributed by atoms with E-state index < -0.39 is 96.0 Å². The summed E-state index contributed by atoms with van der Waals surface area (Å²) in [5.74, 6) is -0.0979. The first-order valence-electron chi connectivity index (χ1n) is 35.0. The predicted octanol–water partition coefficient (Wildman–Crippen LogP) is 19.4. The molecule has 0 aliphatic rings. The third-order valence-corrected chi connectivity index (χ3v) is 16.6. The maximum Gasteiger partial charge on any atom is 0.435 e. The molecule has 634 valence electrons. The monoisotopic (exact) mass is 1730 g/mol. The minimum absolute atomic E-state index is 0.00333. The minimum atomic E-state index is -4.86. The lowest BCUT2D eigenvalue weighted by Gasteiger charge is -2.13. The number of halogens is 20. The van der Waals surface area contributed by atoms with Gasteiger partial charge in [0.05, 0.1) is 29.4 Å². The Morgan fingerprint density at radius 1 is 0.398 bits per heavy atom. The van der Waals surface area contributed by atoms with E-state index in [0.29, 0.717) is 41.2 Å². The van der Waals surface area contributed by atoms with Crippen LogP contribution in [0.25, 0.3) is 68.5 Å².